The average molecular weight is 346 g/mol. The van der Waals surface area contributed by atoms with Crippen molar-refractivity contribution in [1.29, 1.82) is 0 Å². The molecule has 1 aliphatic rings. The molecule has 0 amide bonds. The van der Waals surface area contributed by atoms with Gasteiger partial charge in [0, 0.05) is 3.57 Å². The van der Waals surface area contributed by atoms with Gasteiger partial charge in [-0.25, -0.2) is 4.79 Å². The molecule has 1 aromatic carbocycles. The van der Waals surface area contributed by atoms with Crippen molar-refractivity contribution in [3.05, 3.63) is 27.8 Å². The van der Waals surface area contributed by atoms with E-state index in [0.29, 0.717) is 24.2 Å². The van der Waals surface area contributed by atoms with Crippen LogP contribution in [0.3, 0.4) is 0 Å². The first-order chi connectivity index (χ1) is 8.15. The second-order valence-electron chi connectivity index (χ2n) is 4.40. The Morgan fingerprint density at radius 2 is 2.06 bits per heavy atom. The van der Waals surface area contributed by atoms with Gasteiger partial charge < -0.3 is 9.47 Å². The molecule has 3 nitrogen and oxygen atoms in total. The molecule has 2 atom stereocenters. The number of rotatable bonds is 5. The number of carbonyl (C=O) groups is 1. The standard InChI is InChI=1S/C13H15IO3/c1-9-6-10(9)7-17-13(15)8-16-12-4-2-11(14)3-5-12/h2-5,9-10H,6-8H2,1H3. The summed E-state index contributed by atoms with van der Waals surface area (Å²) >= 11 is 2.22. The summed E-state index contributed by atoms with van der Waals surface area (Å²) in [7, 11) is 0. The molecule has 0 bridgehead atoms. The average Bonchev–Trinajstić information content (AvgIpc) is 3.02. The van der Waals surface area contributed by atoms with Crippen LogP contribution in [0.1, 0.15) is 13.3 Å². The van der Waals surface area contributed by atoms with Gasteiger partial charge in [-0.05, 0) is 65.1 Å². The maximum atomic E-state index is 11.4. The van der Waals surface area contributed by atoms with Gasteiger partial charge in [-0.1, -0.05) is 6.92 Å². The lowest BCUT2D eigenvalue weighted by Gasteiger charge is -2.06. The molecule has 0 spiro atoms. The smallest absolute Gasteiger partial charge is 0.344 e. The zero-order valence-electron chi connectivity index (χ0n) is 9.69. The minimum absolute atomic E-state index is 0.0122. The van der Waals surface area contributed by atoms with Crippen LogP contribution >= 0.6 is 22.6 Å². The fourth-order valence-corrected chi connectivity index (χ4v) is 1.91. The summed E-state index contributed by atoms with van der Waals surface area (Å²) in [5.74, 6) is 1.68. The molecule has 2 rings (SSSR count). The normalized spacial score (nSPS) is 22.0. The van der Waals surface area contributed by atoms with E-state index < -0.39 is 0 Å². The van der Waals surface area contributed by atoms with Gasteiger partial charge in [-0.3, -0.25) is 0 Å². The Kier molecular flexibility index (Phi) is 4.25. The van der Waals surface area contributed by atoms with Crippen LogP contribution < -0.4 is 4.74 Å². The molecule has 0 saturated heterocycles. The Hall–Kier alpha value is -0.780. The highest BCUT2D eigenvalue weighted by Crippen LogP contribution is 2.37. The fraction of sp³-hybridized carbons (Fsp3) is 0.462. The lowest BCUT2D eigenvalue weighted by Crippen LogP contribution is -2.16. The van der Waals surface area contributed by atoms with E-state index in [1.165, 1.54) is 6.42 Å². The number of benzene rings is 1. The molecule has 0 heterocycles. The van der Waals surface area contributed by atoms with Gasteiger partial charge in [0.05, 0.1) is 6.61 Å². The first kappa shape index (κ1) is 12.7. The van der Waals surface area contributed by atoms with Gasteiger partial charge in [-0.2, -0.15) is 0 Å². The van der Waals surface area contributed by atoms with E-state index in [1.807, 2.05) is 24.3 Å². The summed E-state index contributed by atoms with van der Waals surface area (Å²) in [6.07, 6.45) is 1.17. The van der Waals surface area contributed by atoms with E-state index in [9.17, 15) is 4.79 Å². The van der Waals surface area contributed by atoms with Gasteiger partial charge in [0.2, 0.25) is 0 Å². The topological polar surface area (TPSA) is 35.5 Å². The number of hydrogen-bond acceptors (Lipinski definition) is 3. The van der Waals surface area contributed by atoms with E-state index in [4.69, 9.17) is 9.47 Å². The van der Waals surface area contributed by atoms with Crippen molar-refractivity contribution >= 4 is 28.6 Å². The van der Waals surface area contributed by atoms with Crippen LogP contribution in [0.15, 0.2) is 24.3 Å². The van der Waals surface area contributed by atoms with Gasteiger partial charge in [0.1, 0.15) is 5.75 Å². The van der Waals surface area contributed by atoms with Crippen molar-refractivity contribution in [3.63, 3.8) is 0 Å². The predicted octanol–water partition coefficient (Wildman–Crippen LogP) is 2.87. The van der Waals surface area contributed by atoms with Crippen LogP contribution in [0, 0.1) is 15.4 Å². The highest BCUT2D eigenvalue weighted by molar-refractivity contribution is 14.1. The summed E-state index contributed by atoms with van der Waals surface area (Å²) in [6, 6.07) is 7.57. The Bertz CT molecular complexity index is 388. The van der Waals surface area contributed by atoms with Gasteiger partial charge in [0.15, 0.2) is 6.61 Å². The number of halogens is 1. The van der Waals surface area contributed by atoms with Gasteiger partial charge in [-0.15, -0.1) is 0 Å². The fourth-order valence-electron chi connectivity index (χ4n) is 1.55. The third-order valence-corrected chi connectivity index (χ3v) is 3.62. The van der Waals surface area contributed by atoms with E-state index in [0.717, 1.165) is 3.57 Å². The largest absolute Gasteiger partial charge is 0.482 e. The van der Waals surface area contributed by atoms with Crippen molar-refractivity contribution < 1.29 is 14.3 Å². The molecule has 92 valence electrons. The maximum Gasteiger partial charge on any atom is 0.344 e. The van der Waals surface area contributed by atoms with Crippen molar-refractivity contribution in [3.8, 4) is 5.75 Å². The zero-order valence-corrected chi connectivity index (χ0v) is 11.8. The third kappa shape index (κ3) is 4.18. The van der Waals surface area contributed by atoms with Gasteiger partial charge >= 0.3 is 5.97 Å². The highest BCUT2D eigenvalue weighted by atomic mass is 127. The SMILES string of the molecule is CC1CC1COC(=O)COc1ccc(I)cc1. The minimum atomic E-state index is -0.289. The summed E-state index contributed by atoms with van der Waals surface area (Å²) in [6.45, 7) is 2.69. The van der Waals surface area contributed by atoms with Crippen molar-refractivity contribution in [1.82, 2.24) is 0 Å². The third-order valence-electron chi connectivity index (χ3n) is 2.90. The molecular formula is C13H15IO3. The van der Waals surface area contributed by atoms with E-state index in [2.05, 4.69) is 29.5 Å². The number of carbonyl (C=O) groups excluding carboxylic acids is 1. The summed E-state index contributed by atoms with van der Waals surface area (Å²) in [5, 5.41) is 0. The molecule has 17 heavy (non-hydrogen) atoms. The maximum absolute atomic E-state index is 11.4. The zero-order chi connectivity index (χ0) is 12.3. The quantitative estimate of drug-likeness (QED) is 0.608. The van der Waals surface area contributed by atoms with Crippen molar-refractivity contribution in [2.45, 2.75) is 13.3 Å². The highest BCUT2D eigenvalue weighted by Gasteiger charge is 2.33. The molecule has 1 fully saturated rings. The van der Waals surface area contributed by atoms with Gasteiger partial charge in [0.25, 0.3) is 0 Å². The molecule has 2 unspecified atom stereocenters. The number of esters is 1. The Labute approximate surface area is 115 Å². The Balaban J connectivity index is 1.67. The number of hydrogen-bond donors (Lipinski definition) is 0. The molecule has 1 aromatic rings. The first-order valence-electron chi connectivity index (χ1n) is 5.69. The van der Waals surface area contributed by atoms with Crippen molar-refractivity contribution in [2.24, 2.45) is 11.8 Å². The van der Waals surface area contributed by atoms with Crippen LogP contribution in [0.5, 0.6) is 5.75 Å². The molecule has 0 N–H and O–H groups in total. The van der Waals surface area contributed by atoms with Crippen LogP contribution in [0.4, 0.5) is 0 Å². The monoisotopic (exact) mass is 346 g/mol. The van der Waals surface area contributed by atoms with E-state index in [1.54, 1.807) is 0 Å². The minimum Gasteiger partial charge on any atom is -0.482 e. The van der Waals surface area contributed by atoms with Crippen LogP contribution in [0.2, 0.25) is 0 Å². The molecular weight excluding hydrogens is 331 g/mol. The van der Waals surface area contributed by atoms with Crippen LogP contribution in [-0.4, -0.2) is 19.2 Å². The molecule has 0 aromatic heterocycles. The van der Waals surface area contributed by atoms with Crippen molar-refractivity contribution in [2.75, 3.05) is 13.2 Å². The molecule has 1 aliphatic carbocycles. The molecule has 4 heteroatoms. The Morgan fingerprint density at radius 3 is 2.65 bits per heavy atom. The Morgan fingerprint density at radius 1 is 1.41 bits per heavy atom. The summed E-state index contributed by atoms with van der Waals surface area (Å²) in [4.78, 5) is 11.4. The van der Waals surface area contributed by atoms with E-state index in [-0.39, 0.29) is 12.6 Å². The second kappa shape index (κ2) is 5.71. The first-order valence-corrected chi connectivity index (χ1v) is 6.77. The lowest BCUT2D eigenvalue weighted by molar-refractivity contribution is -0.146. The number of ether oxygens (including phenoxy) is 2. The van der Waals surface area contributed by atoms with E-state index >= 15 is 0 Å². The predicted molar refractivity (Wildman–Crippen MR) is 72.9 cm³/mol. The van der Waals surface area contributed by atoms with Crippen LogP contribution in [-0.2, 0) is 9.53 Å². The van der Waals surface area contributed by atoms with Crippen LogP contribution in [0.25, 0.3) is 0 Å². The second-order valence-corrected chi connectivity index (χ2v) is 5.64. The molecule has 0 radical (unpaired) electrons. The summed E-state index contributed by atoms with van der Waals surface area (Å²) < 4.78 is 11.6. The molecule has 1 saturated carbocycles. The summed E-state index contributed by atoms with van der Waals surface area (Å²) in [5.41, 5.74) is 0. The lowest BCUT2D eigenvalue weighted by atomic mass is 10.3. The molecule has 0 aliphatic heterocycles.